The largest absolute Gasteiger partial charge is 0.416 e. The van der Waals surface area contributed by atoms with E-state index in [1.54, 1.807) is 6.07 Å². The van der Waals surface area contributed by atoms with Crippen LogP contribution in [-0.4, -0.2) is 0 Å². The summed E-state index contributed by atoms with van der Waals surface area (Å²) in [7, 11) is 0. The van der Waals surface area contributed by atoms with Gasteiger partial charge in [-0.1, -0.05) is 36.4 Å². The summed E-state index contributed by atoms with van der Waals surface area (Å²) in [5, 5.41) is 0. The van der Waals surface area contributed by atoms with Gasteiger partial charge in [0, 0.05) is 0 Å². The minimum absolute atomic E-state index is 0.597. The number of hydrogen-bond acceptors (Lipinski definition) is 0. The Bertz CT molecular complexity index is 857. The van der Waals surface area contributed by atoms with Crippen LogP contribution in [0.4, 0.5) is 26.3 Å². The number of halogens is 6. The zero-order valence-electron chi connectivity index (χ0n) is 14.1. The SMILES string of the molecule is Cc1cc(-c2ccc(C(F)(F)F)cc2)cc(-c2ccc(C(F)(F)F)cc2)c1. The van der Waals surface area contributed by atoms with Crippen molar-refractivity contribution < 1.29 is 26.3 Å². The molecular weight excluding hydrogens is 366 g/mol. The smallest absolute Gasteiger partial charge is 0.166 e. The Morgan fingerprint density at radius 1 is 0.481 bits per heavy atom. The third kappa shape index (κ3) is 4.32. The third-order valence-electron chi connectivity index (χ3n) is 4.17. The molecule has 3 aromatic rings. The average Bonchev–Trinajstić information content (AvgIpc) is 2.60. The summed E-state index contributed by atoms with van der Waals surface area (Å²) >= 11 is 0. The average molecular weight is 380 g/mol. The fraction of sp³-hybridized carbons (Fsp3) is 0.143. The summed E-state index contributed by atoms with van der Waals surface area (Å²) in [6.45, 7) is 1.82. The van der Waals surface area contributed by atoms with Crippen LogP contribution >= 0.6 is 0 Å². The van der Waals surface area contributed by atoms with Crippen LogP contribution in [0.2, 0.25) is 0 Å². The maximum atomic E-state index is 12.7. The molecule has 0 aliphatic carbocycles. The Morgan fingerprint density at radius 3 is 1.11 bits per heavy atom. The van der Waals surface area contributed by atoms with Crippen molar-refractivity contribution in [2.75, 3.05) is 0 Å². The van der Waals surface area contributed by atoms with Gasteiger partial charge in [-0.15, -0.1) is 0 Å². The Morgan fingerprint density at radius 2 is 0.815 bits per heavy atom. The van der Waals surface area contributed by atoms with E-state index in [1.807, 2.05) is 19.1 Å². The number of benzene rings is 3. The van der Waals surface area contributed by atoms with Crippen molar-refractivity contribution in [2.45, 2.75) is 19.3 Å². The molecule has 0 atom stereocenters. The maximum absolute atomic E-state index is 12.7. The molecule has 0 saturated carbocycles. The van der Waals surface area contributed by atoms with Crippen LogP contribution in [0.5, 0.6) is 0 Å². The van der Waals surface area contributed by atoms with Gasteiger partial charge in [-0.2, -0.15) is 26.3 Å². The fourth-order valence-corrected chi connectivity index (χ4v) is 2.82. The van der Waals surface area contributed by atoms with Crippen molar-refractivity contribution in [1.29, 1.82) is 0 Å². The number of hydrogen-bond donors (Lipinski definition) is 0. The molecule has 27 heavy (non-hydrogen) atoms. The lowest BCUT2D eigenvalue weighted by Crippen LogP contribution is -2.04. The summed E-state index contributed by atoms with van der Waals surface area (Å²) in [6, 6.07) is 14.9. The first-order chi connectivity index (χ1) is 12.5. The molecule has 0 amide bonds. The molecule has 0 heterocycles. The van der Waals surface area contributed by atoms with E-state index in [-0.39, 0.29) is 0 Å². The molecule has 0 nitrogen and oxygen atoms in total. The second-order valence-corrected chi connectivity index (χ2v) is 6.24. The van der Waals surface area contributed by atoms with Crippen molar-refractivity contribution in [3.8, 4) is 22.3 Å². The number of alkyl halides is 6. The van der Waals surface area contributed by atoms with E-state index in [9.17, 15) is 26.3 Å². The van der Waals surface area contributed by atoms with Crippen molar-refractivity contribution >= 4 is 0 Å². The van der Waals surface area contributed by atoms with Crippen LogP contribution in [-0.2, 0) is 12.4 Å². The van der Waals surface area contributed by atoms with Crippen LogP contribution in [0.1, 0.15) is 16.7 Å². The van der Waals surface area contributed by atoms with Gasteiger partial charge in [-0.3, -0.25) is 0 Å². The third-order valence-corrected chi connectivity index (χ3v) is 4.17. The van der Waals surface area contributed by atoms with Crippen molar-refractivity contribution in [3.63, 3.8) is 0 Å². The molecule has 140 valence electrons. The molecule has 0 unspecified atom stereocenters. The van der Waals surface area contributed by atoms with E-state index in [0.717, 1.165) is 29.8 Å². The molecule has 0 spiro atoms. The molecule has 6 heteroatoms. The fourth-order valence-electron chi connectivity index (χ4n) is 2.82. The van der Waals surface area contributed by atoms with E-state index in [4.69, 9.17) is 0 Å². The Labute approximate surface area is 152 Å². The lowest BCUT2D eigenvalue weighted by atomic mass is 9.95. The second kappa shape index (κ2) is 6.76. The molecule has 0 radical (unpaired) electrons. The second-order valence-electron chi connectivity index (χ2n) is 6.24. The molecule has 0 fully saturated rings. The summed E-state index contributed by atoms with van der Waals surface area (Å²) in [6.07, 6.45) is -8.81. The molecule has 0 aliphatic heterocycles. The molecule has 0 aromatic heterocycles. The zero-order valence-corrected chi connectivity index (χ0v) is 14.1. The zero-order chi connectivity index (χ0) is 19.8. The van der Waals surface area contributed by atoms with E-state index < -0.39 is 23.5 Å². The van der Waals surface area contributed by atoms with E-state index in [1.165, 1.54) is 24.3 Å². The van der Waals surface area contributed by atoms with Gasteiger partial charge in [0.05, 0.1) is 11.1 Å². The van der Waals surface area contributed by atoms with Crippen molar-refractivity contribution in [3.05, 3.63) is 83.4 Å². The summed E-state index contributed by atoms with van der Waals surface area (Å²) in [4.78, 5) is 0. The highest BCUT2D eigenvalue weighted by Gasteiger charge is 2.30. The predicted octanol–water partition coefficient (Wildman–Crippen LogP) is 7.37. The molecular formula is C21H14F6. The van der Waals surface area contributed by atoms with Crippen molar-refractivity contribution in [1.82, 2.24) is 0 Å². The van der Waals surface area contributed by atoms with E-state index in [2.05, 4.69) is 0 Å². The number of rotatable bonds is 2. The Hall–Kier alpha value is -2.76. The molecule has 0 aliphatic rings. The van der Waals surface area contributed by atoms with Gasteiger partial charge in [0.15, 0.2) is 0 Å². The molecule has 3 rings (SSSR count). The van der Waals surface area contributed by atoms with Crippen LogP contribution < -0.4 is 0 Å². The van der Waals surface area contributed by atoms with Gasteiger partial charge in [-0.25, -0.2) is 0 Å². The van der Waals surface area contributed by atoms with Crippen LogP contribution in [0.3, 0.4) is 0 Å². The van der Waals surface area contributed by atoms with Crippen LogP contribution in [0, 0.1) is 6.92 Å². The minimum atomic E-state index is -4.41. The van der Waals surface area contributed by atoms with Crippen LogP contribution in [0.15, 0.2) is 66.7 Å². The Kier molecular flexibility index (Phi) is 4.76. The quantitative estimate of drug-likeness (QED) is 0.407. The maximum Gasteiger partial charge on any atom is 0.416 e. The van der Waals surface area contributed by atoms with Gasteiger partial charge in [0.1, 0.15) is 0 Å². The first kappa shape index (κ1) is 19.0. The van der Waals surface area contributed by atoms with E-state index >= 15 is 0 Å². The van der Waals surface area contributed by atoms with Crippen LogP contribution in [0.25, 0.3) is 22.3 Å². The number of aryl methyl sites for hydroxylation is 1. The lowest BCUT2D eigenvalue weighted by molar-refractivity contribution is -0.138. The Balaban J connectivity index is 1.97. The molecule has 3 aromatic carbocycles. The molecule has 0 N–H and O–H groups in total. The summed E-state index contributed by atoms with van der Waals surface area (Å²) in [5.74, 6) is 0. The first-order valence-electron chi connectivity index (χ1n) is 8.01. The summed E-state index contributed by atoms with van der Waals surface area (Å²) < 4.78 is 76.2. The highest BCUT2D eigenvalue weighted by atomic mass is 19.4. The van der Waals surface area contributed by atoms with Gasteiger partial charge in [-0.05, 0) is 65.1 Å². The van der Waals surface area contributed by atoms with E-state index in [0.29, 0.717) is 22.3 Å². The lowest BCUT2D eigenvalue weighted by Gasteiger charge is -2.11. The summed E-state index contributed by atoms with van der Waals surface area (Å²) in [5.41, 5.74) is 1.96. The van der Waals surface area contributed by atoms with Gasteiger partial charge in [0.2, 0.25) is 0 Å². The highest BCUT2D eigenvalue weighted by Crippen LogP contribution is 2.34. The normalized spacial score (nSPS) is 12.3. The minimum Gasteiger partial charge on any atom is -0.166 e. The topological polar surface area (TPSA) is 0 Å². The molecule has 0 saturated heterocycles. The molecule has 0 bridgehead atoms. The van der Waals surface area contributed by atoms with Gasteiger partial charge in [0.25, 0.3) is 0 Å². The van der Waals surface area contributed by atoms with Gasteiger partial charge >= 0.3 is 12.4 Å². The monoisotopic (exact) mass is 380 g/mol. The van der Waals surface area contributed by atoms with Gasteiger partial charge < -0.3 is 0 Å². The predicted molar refractivity (Wildman–Crippen MR) is 92.1 cm³/mol. The highest BCUT2D eigenvalue weighted by molar-refractivity contribution is 5.74. The van der Waals surface area contributed by atoms with Crippen molar-refractivity contribution in [2.24, 2.45) is 0 Å². The standard InChI is InChI=1S/C21H14F6/c1-13-10-16(14-2-6-18(7-3-14)20(22,23)24)12-17(11-13)15-4-8-19(9-5-15)21(25,26)27/h2-12H,1H3. The first-order valence-corrected chi connectivity index (χ1v) is 8.01.